The molecule has 1 aliphatic rings. The van der Waals surface area contributed by atoms with Crippen LogP contribution in [0.2, 0.25) is 0 Å². The van der Waals surface area contributed by atoms with Gasteiger partial charge >= 0.3 is 0 Å². The summed E-state index contributed by atoms with van der Waals surface area (Å²) in [6.45, 7) is 0. The Hall–Kier alpha value is -6.95. The number of nitrogens with zero attached hydrogens (tertiary/aromatic N) is 3. The number of hydrogen-bond acceptors (Lipinski definition) is 5. The van der Waals surface area contributed by atoms with Gasteiger partial charge in [-0.15, -0.1) is 11.3 Å². The minimum Gasteiger partial charge on any atom is -0.455 e. The third-order valence-electron chi connectivity index (χ3n) is 11.4. The summed E-state index contributed by atoms with van der Waals surface area (Å²) >= 11 is 1.85. The maximum absolute atomic E-state index is 6.84. The van der Waals surface area contributed by atoms with Gasteiger partial charge in [0.05, 0.1) is 0 Å². The highest BCUT2D eigenvalue weighted by molar-refractivity contribution is 7.26. The second-order valence-electron chi connectivity index (χ2n) is 14.6. The van der Waals surface area contributed by atoms with Crippen LogP contribution in [0.1, 0.15) is 17.5 Å². The Bertz CT molecular complexity index is 3430. The van der Waals surface area contributed by atoms with E-state index in [1.807, 2.05) is 41.7 Å². The largest absolute Gasteiger partial charge is 0.455 e. The molecule has 0 saturated carbocycles. The zero-order valence-corrected chi connectivity index (χ0v) is 31.0. The average Bonchev–Trinajstić information content (AvgIpc) is 3.84. The van der Waals surface area contributed by atoms with Gasteiger partial charge in [-0.1, -0.05) is 140 Å². The van der Waals surface area contributed by atoms with Gasteiger partial charge in [-0.2, -0.15) is 0 Å². The van der Waals surface area contributed by atoms with Crippen molar-refractivity contribution in [2.75, 3.05) is 0 Å². The number of rotatable bonds is 4. The number of aromatic nitrogens is 3. The fourth-order valence-corrected chi connectivity index (χ4v) is 9.94. The molecule has 0 radical (unpaired) electrons. The summed E-state index contributed by atoms with van der Waals surface area (Å²) in [5, 5.41) is 9.51. The second kappa shape index (κ2) is 12.3. The fourth-order valence-electron chi connectivity index (χ4n) is 8.68. The molecule has 0 saturated heterocycles. The lowest BCUT2D eigenvalue weighted by atomic mass is 9.91. The molecule has 1 aliphatic carbocycles. The standard InChI is InChI=1S/C51H31N3OS/c1-2-12-31(13-3-1)49-52-50(35-25-26-37-34(27-35)24-23-30-11-6-7-16-36(30)37)54-51(53-49)42-21-10-22-44-46(42)41-20-8-17-38(47(41)55-44)39-18-9-19-40-43-28-32-14-4-5-15-33(32)29-45(43)56-48(39)40/h1-5,7-10,12-29H,6,11H2. The van der Waals surface area contributed by atoms with Crippen molar-refractivity contribution in [2.45, 2.75) is 12.8 Å². The maximum atomic E-state index is 6.84. The summed E-state index contributed by atoms with van der Waals surface area (Å²) in [5.74, 6) is 1.88. The van der Waals surface area contributed by atoms with Crippen molar-refractivity contribution in [3.63, 3.8) is 0 Å². The Kier molecular flexibility index (Phi) is 6.89. The number of benzene rings is 8. The molecule has 0 spiro atoms. The van der Waals surface area contributed by atoms with E-state index < -0.39 is 0 Å². The zero-order chi connectivity index (χ0) is 36.7. The number of para-hydroxylation sites is 1. The molecule has 11 aromatic rings. The summed E-state index contributed by atoms with van der Waals surface area (Å²) in [6.07, 6.45) is 6.71. The molecule has 0 amide bonds. The van der Waals surface area contributed by atoms with E-state index >= 15 is 0 Å². The van der Waals surface area contributed by atoms with Gasteiger partial charge in [-0.05, 0) is 69.8 Å². The summed E-state index contributed by atoms with van der Waals surface area (Å²) in [5.41, 5.74) is 9.41. The van der Waals surface area contributed by atoms with Crippen molar-refractivity contribution in [3.05, 3.63) is 169 Å². The van der Waals surface area contributed by atoms with Crippen LogP contribution in [-0.4, -0.2) is 15.0 Å². The Balaban J connectivity index is 1.05. The zero-order valence-electron chi connectivity index (χ0n) is 30.2. The van der Waals surface area contributed by atoms with Gasteiger partial charge in [0.1, 0.15) is 11.2 Å². The van der Waals surface area contributed by atoms with Crippen LogP contribution >= 0.6 is 11.3 Å². The SMILES string of the molecule is C1=Cc2c(ccc3cc(-c4nc(-c5ccccc5)nc(-c5cccc6oc7c(-c8cccc9c8sc8cc%10ccccc%10cc89)cccc7c56)n4)ccc23)CC1. The molecule has 0 fully saturated rings. The molecule has 3 heterocycles. The van der Waals surface area contributed by atoms with E-state index in [4.69, 9.17) is 19.4 Å². The molecule has 5 heteroatoms. The van der Waals surface area contributed by atoms with Crippen molar-refractivity contribution in [2.24, 2.45) is 0 Å². The second-order valence-corrected chi connectivity index (χ2v) is 15.7. The van der Waals surface area contributed by atoms with Crippen LogP contribution in [0.4, 0.5) is 0 Å². The third-order valence-corrected chi connectivity index (χ3v) is 12.6. The maximum Gasteiger partial charge on any atom is 0.164 e. The first-order chi connectivity index (χ1) is 27.7. The van der Waals surface area contributed by atoms with Crippen molar-refractivity contribution < 1.29 is 4.42 Å². The molecular formula is C51H31N3OS. The van der Waals surface area contributed by atoms with E-state index in [0.717, 1.165) is 57.0 Å². The summed E-state index contributed by atoms with van der Waals surface area (Å²) in [7, 11) is 0. The molecule has 4 nitrogen and oxygen atoms in total. The molecule has 0 bridgehead atoms. The van der Waals surface area contributed by atoms with Gasteiger partial charge in [-0.3, -0.25) is 0 Å². The predicted molar refractivity (Wildman–Crippen MR) is 234 cm³/mol. The number of allylic oxidation sites excluding steroid dienone is 1. The normalized spacial score (nSPS) is 12.8. The Labute approximate surface area is 326 Å². The van der Waals surface area contributed by atoms with Crippen LogP contribution in [-0.2, 0) is 6.42 Å². The van der Waals surface area contributed by atoms with E-state index in [-0.39, 0.29) is 0 Å². The Morgan fingerprint density at radius 2 is 1.25 bits per heavy atom. The van der Waals surface area contributed by atoms with Crippen LogP contribution in [0.3, 0.4) is 0 Å². The highest BCUT2D eigenvalue weighted by Crippen LogP contribution is 2.45. The van der Waals surface area contributed by atoms with Crippen LogP contribution in [0.25, 0.3) is 115 Å². The summed E-state index contributed by atoms with van der Waals surface area (Å²) in [4.78, 5) is 15.5. The minimum absolute atomic E-state index is 0.611. The lowest BCUT2D eigenvalue weighted by Crippen LogP contribution is -2.00. The van der Waals surface area contributed by atoms with Crippen LogP contribution in [0.5, 0.6) is 0 Å². The summed E-state index contributed by atoms with van der Waals surface area (Å²) < 4.78 is 9.38. The number of fused-ring (bicyclic) bond motifs is 10. The number of aryl methyl sites for hydroxylation is 1. The van der Waals surface area contributed by atoms with E-state index in [2.05, 4.69) is 133 Å². The number of thiophene rings is 1. The Morgan fingerprint density at radius 1 is 0.500 bits per heavy atom. The minimum atomic E-state index is 0.611. The molecule has 56 heavy (non-hydrogen) atoms. The van der Waals surface area contributed by atoms with Crippen molar-refractivity contribution in [3.8, 4) is 45.3 Å². The smallest absolute Gasteiger partial charge is 0.164 e. The highest BCUT2D eigenvalue weighted by Gasteiger charge is 2.21. The first kappa shape index (κ1) is 31.4. The predicted octanol–water partition coefficient (Wildman–Crippen LogP) is 14.1. The number of hydrogen-bond donors (Lipinski definition) is 0. The molecule has 0 unspecified atom stereocenters. The lowest BCUT2D eigenvalue weighted by Gasteiger charge is -2.14. The van der Waals surface area contributed by atoms with Crippen LogP contribution in [0, 0.1) is 0 Å². The fraction of sp³-hybridized carbons (Fsp3) is 0.0392. The molecule has 0 aliphatic heterocycles. The van der Waals surface area contributed by atoms with Gasteiger partial charge in [0.2, 0.25) is 0 Å². The molecular weight excluding hydrogens is 703 g/mol. The molecule has 262 valence electrons. The summed E-state index contributed by atoms with van der Waals surface area (Å²) in [6, 6.07) is 53.8. The average molecular weight is 734 g/mol. The first-order valence-corrected chi connectivity index (χ1v) is 19.9. The van der Waals surface area contributed by atoms with Crippen molar-refractivity contribution in [1.82, 2.24) is 15.0 Å². The van der Waals surface area contributed by atoms with Crippen molar-refractivity contribution >= 4 is 81.1 Å². The molecule has 3 aromatic heterocycles. The highest BCUT2D eigenvalue weighted by atomic mass is 32.1. The van der Waals surface area contributed by atoms with Gasteiger partial charge < -0.3 is 4.42 Å². The topological polar surface area (TPSA) is 51.8 Å². The Morgan fingerprint density at radius 3 is 2.14 bits per heavy atom. The van der Waals surface area contributed by atoms with Gasteiger partial charge in [0, 0.05) is 58.8 Å². The van der Waals surface area contributed by atoms with Crippen LogP contribution < -0.4 is 0 Å². The number of furan rings is 1. The molecule has 12 rings (SSSR count). The molecule has 8 aromatic carbocycles. The van der Waals surface area contributed by atoms with Crippen LogP contribution in [0.15, 0.2) is 162 Å². The monoisotopic (exact) mass is 733 g/mol. The first-order valence-electron chi connectivity index (χ1n) is 19.1. The molecule has 0 atom stereocenters. The quantitative estimate of drug-likeness (QED) is 0.181. The molecule has 0 N–H and O–H groups in total. The van der Waals surface area contributed by atoms with E-state index in [0.29, 0.717) is 17.5 Å². The van der Waals surface area contributed by atoms with E-state index in [1.165, 1.54) is 58.4 Å². The van der Waals surface area contributed by atoms with Gasteiger partial charge in [-0.25, -0.2) is 15.0 Å². The van der Waals surface area contributed by atoms with E-state index in [9.17, 15) is 0 Å². The third kappa shape index (κ3) is 4.88. The van der Waals surface area contributed by atoms with Crippen molar-refractivity contribution in [1.29, 1.82) is 0 Å². The van der Waals surface area contributed by atoms with Gasteiger partial charge in [0.25, 0.3) is 0 Å². The van der Waals surface area contributed by atoms with Gasteiger partial charge in [0.15, 0.2) is 17.5 Å². The van der Waals surface area contributed by atoms with E-state index in [1.54, 1.807) is 0 Å². The lowest BCUT2D eigenvalue weighted by molar-refractivity contribution is 0.670.